The van der Waals surface area contributed by atoms with E-state index in [2.05, 4.69) is 71.6 Å². The Hall–Kier alpha value is -3.46. The number of carbonyl (C=O) groups excluding carboxylic acids is 1. The highest BCUT2D eigenvalue weighted by molar-refractivity contribution is 5.87. The average molecular weight is 529 g/mol. The summed E-state index contributed by atoms with van der Waals surface area (Å²) in [5.41, 5.74) is 6.27. The highest BCUT2D eigenvalue weighted by atomic mass is 16.2. The second kappa shape index (κ2) is 10.3. The predicted molar refractivity (Wildman–Crippen MR) is 155 cm³/mol. The fraction of sp³-hybridized carbons (Fsp3) is 0.533. The predicted octanol–water partition coefficient (Wildman–Crippen LogP) is 3.01. The first-order valence-corrected chi connectivity index (χ1v) is 14.2. The van der Waals surface area contributed by atoms with Crippen LogP contribution in [0.5, 0.6) is 0 Å². The molecule has 0 saturated carbocycles. The molecule has 9 nitrogen and oxygen atoms in total. The highest BCUT2D eigenvalue weighted by Crippen LogP contribution is 2.43. The smallest absolute Gasteiger partial charge is 0.246 e. The molecule has 4 heterocycles. The van der Waals surface area contributed by atoms with E-state index < -0.39 is 0 Å². The number of H-pyrrole nitrogens is 1. The Morgan fingerprint density at radius 2 is 1.90 bits per heavy atom. The fourth-order valence-electron chi connectivity index (χ4n) is 6.82. The van der Waals surface area contributed by atoms with Crippen molar-refractivity contribution in [2.75, 3.05) is 69.7 Å². The third kappa shape index (κ3) is 4.77. The molecule has 3 aromatic rings. The molecule has 2 saturated heterocycles. The van der Waals surface area contributed by atoms with Crippen LogP contribution in [0.4, 0.5) is 11.8 Å². The summed E-state index contributed by atoms with van der Waals surface area (Å²) >= 11 is 0. The largest absolute Gasteiger partial charge is 0.353 e. The minimum atomic E-state index is 0.00725. The lowest BCUT2D eigenvalue weighted by Crippen LogP contribution is -2.52. The maximum atomic E-state index is 12.2. The van der Waals surface area contributed by atoms with Crippen LogP contribution in [0.2, 0.25) is 0 Å². The van der Waals surface area contributed by atoms with Crippen molar-refractivity contribution in [3.8, 4) is 0 Å². The minimum absolute atomic E-state index is 0.00725. The molecule has 3 aliphatic rings. The minimum Gasteiger partial charge on any atom is -0.353 e. The summed E-state index contributed by atoms with van der Waals surface area (Å²) in [5, 5.41) is 8.73. The second-order valence-electron chi connectivity index (χ2n) is 11.9. The van der Waals surface area contributed by atoms with Crippen molar-refractivity contribution < 1.29 is 4.79 Å². The molecule has 2 fully saturated rings. The third-order valence-corrected chi connectivity index (χ3v) is 8.87. The topological polar surface area (TPSA) is 84.5 Å². The molecule has 39 heavy (non-hydrogen) atoms. The number of nitrogens with one attached hydrogen (secondary N) is 1. The monoisotopic (exact) mass is 528 g/mol. The Morgan fingerprint density at radius 3 is 2.62 bits per heavy atom. The maximum absolute atomic E-state index is 12.2. The number of rotatable bonds is 6. The normalized spacial score (nSPS) is 21.8. The van der Waals surface area contributed by atoms with Crippen LogP contribution in [0.15, 0.2) is 31.0 Å². The van der Waals surface area contributed by atoms with Crippen LogP contribution in [0.1, 0.15) is 35.2 Å². The van der Waals surface area contributed by atoms with Gasteiger partial charge in [0.2, 0.25) is 11.9 Å². The van der Waals surface area contributed by atoms with E-state index in [0.29, 0.717) is 30.8 Å². The van der Waals surface area contributed by atoms with Crippen molar-refractivity contribution in [2.45, 2.75) is 32.6 Å². The lowest BCUT2D eigenvalue weighted by Gasteiger charge is -2.43. The van der Waals surface area contributed by atoms with Crippen molar-refractivity contribution >= 4 is 28.6 Å². The molecule has 2 aromatic heterocycles. The Bertz CT molecular complexity index is 1380. The number of anilines is 2. The van der Waals surface area contributed by atoms with Crippen LogP contribution in [0.25, 0.3) is 10.9 Å². The molecule has 1 aromatic carbocycles. The Labute approximate surface area is 230 Å². The van der Waals surface area contributed by atoms with Gasteiger partial charge >= 0.3 is 0 Å². The van der Waals surface area contributed by atoms with Gasteiger partial charge in [0.05, 0.1) is 17.4 Å². The highest BCUT2D eigenvalue weighted by Gasteiger charge is 2.36. The lowest BCUT2D eigenvalue weighted by molar-refractivity contribution is -0.126. The molecule has 0 spiro atoms. The lowest BCUT2D eigenvalue weighted by atomic mass is 9.73. The van der Waals surface area contributed by atoms with Gasteiger partial charge in [-0.05, 0) is 69.0 Å². The third-order valence-electron chi connectivity index (χ3n) is 8.87. The van der Waals surface area contributed by atoms with Gasteiger partial charge in [0.1, 0.15) is 5.82 Å². The first kappa shape index (κ1) is 25.8. The summed E-state index contributed by atoms with van der Waals surface area (Å²) < 4.78 is 0. The summed E-state index contributed by atoms with van der Waals surface area (Å²) in [5.74, 6) is 3.39. The molecular formula is C30H40N8O. The molecule has 0 bridgehead atoms. The van der Waals surface area contributed by atoms with E-state index in [9.17, 15) is 4.79 Å². The number of fused-ring (bicyclic) bond motifs is 2. The number of hydrogen-bond donors (Lipinski definition) is 1. The molecule has 1 N–H and O–H groups in total. The zero-order valence-electron chi connectivity index (χ0n) is 23.7. The maximum Gasteiger partial charge on any atom is 0.246 e. The number of aromatic amines is 1. The number of carbonyl (C=O) groups is 1. The van der Waals surface area contributed by atoms with E-state index in [4.69, 9.17) is 9.97 Å². The van der Waals surface area contributed by atoms with Gasteiger partial charge < -0.3 is 19.6 Å². The molecule has 6 rings (SSSR count). The van der Waals surface area contributed by atoms with Gasteiger partial charge in [0.25, 0.3) is 0 Å². The molecule has 9 heteroatoms. The van der Waals surface area contributed by atoms with Gasteiger partial charge in [-0.3, -0.25) is 9.89 Å². The summed E-state index contributed by atoms with van der Waals surface area (Å²) in [6.07, 6.45) is 5.23. The quantitative estimate of drug-likeness (QED) is 0.493. The molecule has 2 atom stereocenters. The van der Waals surface area contributed by atoms with E-state index in [0.717, 1.165) is 62.8 Å². The Morgan fingerprint density at radius 1 is 1.13 bits per heavy atom. The van der Waals surface area contributed by atoms with Gasteiger partial charge in [0.15, 0.2) is 0 Å². The molecular weight excluding hydrogens is 488 g/mol. The molecule has 2 aliphatic heterocycles. The zero-order chi connectivity index (χ0) is 27.3. The van der Waals surface area contributed by atoms with E-state index in [-0.39, 0.29) is 5.91 Å². The Balaban J connectivity index is 1.34. The number of nitrogens with zero attached hydrogens (tertiary/aromatic N) is 7. The number of piperazine rings is 1. The Kier molecular flexibility index (Phi) is 6.79. The van der Waals surface area contributed by atoms with E-state index in [1.54, 1.807) is 0 Å². The van der Waals surface area contributed by atoms with Crippen LogP contribution in [0.3, 0.4) is 0 Å². The summed E-state index contributed by atoms with van der Waals surface area (Å²) in [6.45, 7) is 14.2. The molecule has 1 aliphatic carbocycles. The molecule has 0 unspecified atom stereocenters. The number of aryl methyl sites for hydroxylation is 1. The number of aromatic nitrogens is 4. The summed E-state index contributed by atoms with van der Waals surface area (Å²) in [4.78, 5) is 31.5. The van der Waals surface area contributed by atoms with Gasteiger partial charge in [-0.1, -0.05) is 19.6 Å². The average Bonchev–Trinajstić information content (AvgIpc) is 3.38. The van der Waals surface area contributed by atoms with E-state index in [1.165, 1.54) is 33.8 Å². The van der Waals surface area contributed by atoms with Crippen LogP contribution in [-0.2, 0) is 17.6 Å². The van der Waals surface area contributed by atoms with Gasteiger partial charge in [-0.2, -0.15) is 10.1 Å². The van der Waals surface area contributed by atoms with Gasteiger partial charge in [-0.25, -0.2) is 4.98 Å². The van der Waals surface area contributed by atoms with Crippen LogP contribution < -0.4 is 9.80 Å². The van der Waals surface area contributed by atoms with Crippen molar-refractivity contribution in [3.63, 3.8) is 0 Å². The van der Waals surface area contributed by atoms with Crippen LogP contribution in [-0.4, -0.2) is 95.8 Å². The van der Waals surface area contributed by atoms with Crippen molar-refractivity contribution in [1.82, 2.24) is 30.0 Å². The van der Waals surface area contributed by atoms with Crippen molar-refractivity contribution in [1.29, 1.82) is 0 Å². The van der Waals surface area contributed by atoms with Gasteiger partial charge in [0, 0.05) is 62.7 Å². The fourth-order valence-corrected chi connectivity index (χ4v) is 6.82. The van der Waals surface area contributed by atoms with Crippen molar-refractivity contribution in [2.24, 2.45) is 11.8 Å². The van der Waals surface area contributed by atoms with E-state index in [1.807, 2.05) is 11.1 Å². The molecule has 1 amide bonds. The molecule has 0 radical (unpaired) electrons. The molecule has 206 valence electrons. The summed E-state index contributed by atoms with van der Waals surface area (Å²) in [6, 6.07) is 4.34. The SMILES string of the molecule is C=CC(=O)N1CCN(c2nc(N3CC(CN(C)C)C3)nc3c2C[C@@H](C)[C@H](c2c(C)ccc4[nH]ncc24)C3)CC1. The van der Waals surface area contributed by atoms with Crippen LogP contribution in [0, 0.1) is 18.8 Å². The number of benzene rings is 1. The van der Waals surface area contributed by atoms with Crippen molar-refractivity contribution in [3.05, 3.63) is 53.4 Å². The van der Waals surface area contributed by atoms with E-state index >= 15 is 0 Å². The summed E-state index contributed by atoms with van der Waals surface area (Å²) in [7, 11) is 4.27. The first-order chi connectivity index (χ1) is 18.8. The standard InChI is InChI=1S/C30H40N8O/c1-6-27(39)36-9-11-37(12-10-36)29-23-13-20(3)22(28-19(2)7-8-25-24(28)15-31-34-25)14-26(23)32-30(33-29)38-17-21(18-38)16-35(4)5/h6-8,15,20-22H,1,9-14,16-18H2,2-5H3,(H,31,34)/t20-,22-/m1/s1. The number of hydrogen-bond acceptors (Lipinski definition) is 7. The van der Waals surface area contributed by atoms with Crippen LogP contribution >= 0.6 is 0 Å². The van der Waals surface area contributed by atoms with Gasteiger partial charge in [-0.15, -0.1) is 0 Å². The second-order valence-corrected chi connectivity index (χ2v) is 11.9. The number of amides is 1. The zero-order valence-corrected chi connectivity index (χ0v) is 23.7. The first-order valence-electron chi connectivity index (χ1n) is 14.2.